The minimum absolute atomic E-state index is 0.0263. The Kier molecular flexibility index (Phi) is 6.14. The van der Waals surface area contributed by atoms with E-state index >= 15 is 0 Å². The highest BCUT2D eigenvalue weighted by atomic mass is 31.1. The molecule has 2 aliphatic rings. The number of aliphatic hydroxyl groups is 1. The zero-order chi connectivity index (χ0) is 23.8. The monoisotopic (exact) mass is 439 g/mol. The van der Waals surface area contributed by atoms with Crippen LogP contribution < -0.4 is 0 Å². The summed E-state index contributed by atoms with van der Waals surface area (Å²) in [7, 11) is 10.2. The van der Waals surface area contributed by atoms with E-state index in [0.29, 0.717) is 0 Å². The lowest BCUT2D eigenvalue weighted by Gasteiger charge is -2.44. The molecule has 30 heavy (non-hydrogen) atoms. The van der Waals surface area contributed by atoms with Crippen molar-refractivity contribution in [2.24, 2.45) is 16.2 Å². The molecule has 2 unspecified atom stereocenters. The van der Waals surface area contributed by atoms with Gasteiger partial charge >= 0.3 is 8.25 Å². The second-order valence-electron chi connectivity index (χ2n) is 11.5. The summed E-state index contributed by atoms with van der Waals surface area (Å²) in [4.78, 5) is 0. The van der Waals surface area contributed by atoms with Gasteiger partial charge in [0, 0.05) is 26.4 Å². The summed E-state index contributed by atoms with van der Waals surface area (Å²) < 4.78 is 36.9. The molecule has 168 valence electrons. The number of hydrogen-bond acceptors (Lipinski definition) is 6. The van der Waals surface area contributed by atoms with Crippen LogP contribution in [0.4, 0.5) is 0 Å². The zero-order valence-electron chi connectivity index (χ0n) is 20.5. The van der Waals surface area contributed by atoms with Crippen LogP contribution in [0.5, 0.6) is 0 Å². The highest BCUT2D eigenvalue weighted by Crippen LogP contribution is 2.63. The number of aliphatic hydroxyl groups excluding tert-OH is 1. The van der Waals surface area contributed by atoms with E-state index in [4.69, 9.17) is 34.2 Å². The van der Waals surface area contributed by atoms with Crippen LogP contribution in [0.25, 0.3) is 0 Å². The summed E-state index contributed by atoms with van der Waals surface area (Å²) in [5, 5.41) is 10.0. The van der Waals surface area contributed by atoms with Crippen molar-refractivity contribution >= 4 is 23.9 Å². The fourth-order valence-corrected chi connectivity index (χ4v) is 5.91. The fourth-order valence-electron chi connectivity index (χ4n) is 4.79. The van der Waals surface area contributed by atoms with Gasteiger partial charge in [0.1, 0.15) is 27.9 Å². The molecule has 2 fully saturated rings. The largest absolute Gasteiger partial charge is 0.698 e. The zero-order valence-corrected chi connectivity index (χ0v) is 21.4. The van der Waals surface area contributed by atoms with Gasteiger partial charge in [0.05, 0.1) is 12.2 Å². The van der Waals surface area contributed by atoms with Gasteiger partial charge in [-0.1, -0.05) is 41.5 Å². The Morgan fingerprint density at radius 1 is 0.767 bits per heavy atom. The molecule has 2 aliphatic heterocycles. The molecule has 0 aromatic carbocycles. The van der Waals surface area contributed by atoms with Gasteiger partial charge in [-0.15, -0.1) is 9.05 Å². The number of rotatable bonds is 6. The molecule has 0 saturated carbocycles. The van der Waals surface area contributed by atoms with Gasteiger partial charge in [0.2, 0.25) is 0 Å². The third-order valence-corrected chi connectivity index (χ3v) is 10.3. The Balaban J connectivity index is 2.24. The molecule has 0 aromatic rings. The second kappa shape index (κ2) is 7.01. The molecule has 6 atom stereocenters. The molecule has 2 saturated heterocycles. The number of ether oxygens (including phenoxy) is 2. The van der Waals surface area contributed by atoms with Crippen molar-refractivity contribution in [3.8, 4) is 0 Å². The SMILES string of the molecule is [B][C@]1(C)O[C@](C)(CO[P+](=O)OC2(C)C(C)(C)[C@@]([B])(C)O[C@]2(C)CO)C(C)(C)C1(C)C. The maximum atomic E-state index is 13.0. The van der Waals surface area contributed by atoms with E-state index in [1.165, 1.54) is 0 Å². The van der Waals surface area contributed by atoms with Gasteiger partial charge in [-0.05, 0) is 40.0 Å². The van der Waals surface area contributed by atoms with Crippen molar-refractivity contribution in [3.05, 3.63) is 0 Å². The van der Waals surface area contributed by atoms with Crippen LogP contribution in [-0.2, 0) is 23.1 Å². The highest BCUT2D eigenvalue weighted by Gasteiger charge is 2.73. The van der Waals surface area contributed by atoms with Gasteiger partial charge in [0.25, 0.3) is 0 Å². The predicted molar refractivity (Wildman–Crippen MR) is 119 cm³/mol. The van der Waals surface area contributed by atoms with E-state index in [-0.39, 0.29) is 24.0 Å². The van der Waals surface area contributed by atoms with Crippen LogP contribution in [0.3, 0.4) is 0 Å². The van der Waals surface area contributed by atoms with E-state index in [9.17, 15) is 9.67 Å². The van der Waals surface area contributed by atoms with Gasteiger partial charge in [-0.2, -0.15) is 0 Å². The fraction of sp³-hybridized carbons (Fsp3) is 1.00. The average Bonchev–Trinajstić information content (AvgIpc) is 2.73. The first-order valence-corrected chi connectivity index (χ1v) is 11.6. The van der Waals surface area contributed by atoms with Crippen molar-refractivity contribution in [3.63, 3.8) is 0 Å². The summed E-state index contributed by atoms with van der Waals surface area (Å²) in [6.45, 7) is 20.6. The minimum Gasteiger partial charge on any atom is -0.393 e. The molecule has 0 amide bonds. The first kappa shape index (κ1) is 26.3. The van der Waals surface area contributed by atoms with Gasteiger partial charge in [-0.3, -0.25) is 0 Å². The van der Waals surface area contributed by atoms with E-state index in [1.54, 1.807) is 20.8 Å². The van der Waals surface area contributed by atoms with E-state index in [0.717, 1.165) is 0 Å². The van der Waals surface area contributed by atoms with Crippen molar-refractivity contribution in [1.82, 2.24) is 0 Å². The number of hydrogen-bond donors (Lipinski definition) is 1. The van der Waals surface area contributed by atoms with Crippen molar-refractivity contribution in [2.45, 2.75) is 104 Å². The lowest BCUT2D eigenvalue weighted by molar-refractivity contribution is -0.140. The van der Waals surface area contributed by atoms with Crippen molar-refractivity contribution < 1.29 is 28.2 Å². The average molecular weight is 439 g/mol. The van der Waals surface area contributed by atoms with E-state index in [1.807, 2.05) is 27.7 Å². The second-order valence-corrected chi connectivity index (χ2v) is 12.4. The van der Waals surface area contributed by atoms with Crippen LogP contribution in [0.15, 0.2) is 0 Å². The molecule has 6 nitrogen and oxygen atoms in total. The summed E-state index contributed by atoms with van der Waals surface area (Å²) >= 11 is 0. The van der Waals surface area contributed by atoms with Gasteiger partial charge in [-0.25, -0.2) is 0 Å². The molecule has 0 aliphatic carbocycles. The summed E-state index contributed by atoms with van der Waals surface area (Å²) in [6, 6.07) is 0. The highest BCUT2D eigenvalue weighted by molar-refractivity contribution is 7.33. The predicted octanol–water partition coefficient (Wildman–Crippen LogP) is 3.85. The molecule has 1 N–H and O–H groups in total. The van der Waals surface area contributed by atoms with Crippen molar-refractivity contribution in [1.29, 1.82) is 0 Å². The van der Waals surface area contributed by atoms with Crippen LogP contribution in [0.1, 0.15) is 76.2 Å². The Labute approximate surface area is 185 Å². The topological polar surface area (TPSA) is 74.2 Å². The lowest BCUT2D eigenvalue weighted by Crippen LogP contribution is -2.57. The first-order valence-electron chi connectivity index (χ1n) is 10.5. The quantitative estimate of drug-likeness (QED) is 0.501. The Hall–Kier alpha value is 0.0299. The summed E-state index contributed by atoms with van der Waals surface area (Å²) in [5.74, 6) is 0. The first-order chi connectivity index (χ1) is 13.1. The Morgan fingerprint density at radius 2 is 1.20 bits per heavy atom. The molecule has 4 radical (unpaired) electrons. The third kappa shape index (κ3) is 3.20. The molecular weight excluding hydrogens is 401 g/mol. The molecular formula is C21H38B2O6P+. The smallest absolute Gasteiger partial charge is 0.393 e. The lowest BCUT2D eigenvalue weighted by atomic mass is 9.52. The van der Waals surface area contributed by atoms with Crippen LogP contribution in [-0.4, -0.2) is 61.8 Å². The minimum atomic E-state index is -2.57. The Morgan fingerprint density at radius 3 is 1.60 bits per heavy atom. The third-order valence-electron chi connectivity index (χ3n) is 9.45. The standard InChI is InChI=1S/C21H38B2O6P/c1-14(2)15(3,4)20(10,22)28-18(14,8)13-26-30(25)29-19(9)16(5,6)21(11,23)27-17(19,7)12-24/h24H,12-13H2,1-11H3/q+1/t17-,18-,19?,20-,21-/m1/s1. The molecule has 2 heterocycles. The normalized spacial score (nSPS) is 47.4. The Bertz CT molecular complexity index is 722. The van der Waals surface area contributed by atoms with Gasteiger partial charge < -0.3 is 14.6 Å². The van der Waals surface area contributed by atoms with Crippen LogP contribution in [0.2, 0.25) is 0 Å². The van der Waals surface area contributed by atoms with Gasteiger partial charge in [0.15, 0.2) is 5.60 Å². The molecule has 0 aromatic heterocycles. The summed E-state index contributed by atoms with van der Waals surface area (Å²) in [5.41, 5.74) is -6.66. The maximum absolute atomic E-state index is 13.0. The molecule has 9 heteroatoms. The summed E-state index contributed by atoms with van der Waals surface area (Å²) in [6.07, 6.45) is 0. The van der Waals surface area contributed by atoms with Crippen LogP contribution >= 0.6 is 8.25 Å². The van der Waals surface area contributed by atoms with E-state index < -0.39 is 41.5 Å². The van der Waals surface area contributed by atoms with Crippen LogP contribution in [0, 0.1) is 16.2 Å². The maximum Gasteiger partial charge on any atom is 0.698 e. The van der Waals surface area contributed by atoms with Crippen molar-refractivity contribution in [2.75, 3.05) is 13.2 Å². The molecule has 0 spiro atoms. The molecule has 0 bridgehead atoms. The molecule has 2 rings (SSSR count). The van der Waals surface area contributed by atoms with E-state index in [2.05, 4.69) is 27.7 Å².